The Balaban J connectivity index is 1.62. The van der Waals surface area contributed by atoms with Gasteiger partial charge in [0, 0.05) is 41.1 Å². The zero-order valence-corrected chi connectivity index (χ0v) is 14.6. The minimum absolute atomic E-state index is 0.618. The van der Waals surface area contributed by atoms with Crippen molar-refractivity contribution in [3.8, 4) is 11.1 Å². The van der Waals surface area contributed by atoms with Gasteiger partial charge in [-0.05, 0) is 35.2 Å². The lowest BCUT2D eigenvalue weighted by Gasteiger charge is -2.11. The summed E-state index contributed by atoms with van der Waals surface area (Å²) >= 11 is 0. The number of H-pyrrole nitrogens is 1. The number of hydrogen-bond donors (Lipinski definition) is 2. The molecule has 5 heteroatoms. The van der Waals surface area contributed by atoms with Crippen molar-refractivity contribution in [1.82, 2.24) is 19.9 Å². The smallest absolute Gasteiger partial charge is 0.140 e. The summed E-state index contributed by atoms with van der Waals surface area (Å²) < 4.78 is 0. The van der Waals surface area contributed by atoms with Crippen LogP contribution in [0.2, 0.25) is 0 Å². The highest BCUT2D eigenvalue weighted by Crippen LogP contribution is 2.34. The van der Waals surface area contributed by atoms with Gasteiger partial charge in [-0.25, -0.2) is 4.98 Å². The first-order valence-corrected chi connectivity index (χ1v) is 8.83. The van der Waals surface area contributed by atoms with Crippen molar-refractivity contribution in [2.45, 2.75) is 6.54 Å². The molecular formula is C22H17N5. The molecule has 0 spiro atoms. The Morgan fingerprint density at radius 2 is 1.81 bits per heavy atom. The molecule has 0 amide bonds. The number of nitrogens with one attached hydrogen (secondary N) is 2. The second kappa shape index (κ2) is 6.53. The predicted molar refractivity (Wildman–Crippen MR) is 108 cm³/mol. The number of pyridine rings is 3. The lowest BCUT2D eigenvalue weighted by molar-refractivity contribution is 1.03. The fraction of sp³-hybridized carbons (Fsp3) is 0.0455. The van der Waals surface area contributed by atoms with Crippen LogP contribution in [-0.2, 0) is 6.54 Å². The molecular weight excluding hydrogens is 334 g/mol. The first kappa shape index (κ1) is 15.5. The van der Waals surface area contributed by atoms with Gasteiger partial charge in [-0.2, -0.15) is 0 Å². The summed E-state index contributed by atoms with van der Waals surface area (Å²) in [5, 5.41) is 6.77. The fourth-order valence-electron chi connectivity index (χ4n) is 3.37. The summed E-state index contributed by atoms with van der Waals surface area (Å²) in [5.74, 6) is 0.804. The van der Waals surface area contributed by atoms with E-state index in [-0.39, 0.29) is 0 Å². The van der Waals surface area contributed by atoms with Crippen molar-refractivity contribution in [2.75, 3.05) is 5.32 Å². The molecule has 0 saturated carbocycles. The van der Waals surface area contributed by atoms with Crippen molar-refractivity contribution in [3.05, 3.63) is 85.1 Å². The Labute approximate surface area is 156 Å². The monoisotopic (exact) mass is 351 g/mol. The number of aromatic nitrogens is 4. The summed E-state index contributed by atoms with van der Waals surface area (Å²) in [5.41, 5.74) is 4.03. The SMILES string of the molecule is c1ccc(CNc2cc(-c3cncc4ccccc34)c3cc[nH]c3n2)nc1. The molecule has 0 atom stereocenters. The molecule has 0 aliphatic heterocycles. The van der Waals surface area contributed by atoms with Crippen LogP contribution in [0.15, 0.2) is 79.4 Å². The molecule has 0 radical (unpaired) electrons. The van der Waals surface area contributed by atoms with Crippen LogP contribution in [0.1, 0.15) is 5.69 Å². The molecule has 0 saturated heterocycles. The van der Waals surface area contributed by atoms with Gasteiger partial charge in [0.1, 0.15) is 11.5 Å². The van der Waals surface area contributed by atoms with E-state index in [1.54, 1.807) is 6.20 Å². The first-order valence-electron chi connectivity index (χ1n) is 8.83. The standard InChI is InChI=1S/C22H17N5/c1-2-7-17-15(5-1)12-23-14-20(17)19-11-21(27-22-18(19)8-10-25-22)26-13-16-6-3-4-9-24-16/h1-12,14H,13H2,(H2,25,26,27). The zero-order chi connectivity index (χ0) is 18.1. The lowest BCUT2D eigenvalue weighted by atomic mass is 9.99. The Kier molecular flexibility index (Phi) is 3.76. The van der Waals surface area contributed by atoms with Crippen LogP contribution < -0.4 is 5.32 Å². The highest BCUT2D eigenvalue weighted by atomic mass is 15.0. The normalized spacial score (nSPS) is 11.1. The third-order valence-corrected chi connectivity index (χ3v) is 4.66. The molecule has 0 aliphatic rings. The number of fused-ring (bicyclic) bond motifs is 2. The summed E-state index contributed by atoms with van der Waals surface area (Å²) in [7, 11) is 0. The van der Waals surface area contributed by atoms with E-state index in [4.69, 9.17) is 4.98 Å². The molecule has 1 aromatic carbocycles. The third-order valence-electron chi connectivity index (χ3n) is 4.66. The highest BCUT2D eigenvalue weighted by molar-refractivity contribution is 6.04. The van der Waals surface area contributed by atoms with Crippen LogP contribution in [0, 0.1) is 0 Å². The van der Waals surface area contributed by atoms with Gasteiger partial charge in [0.25, 0.3) is 0 Å². The van der Waals surface area contributed by atoms with Crippen molar-refractivity contribution in [3.63, 3.8) is 0 Å². The van der Waals surface area contributed by atoms with Crippen molar-refractivity contribution in [1.29, 1.82) is 0 Å². The zero-order valence-electron chi connectivity index (χ0n) is 14.6. The van der Waals surface area contributed by atoms with Crippen molar-refractivity contribution >= 4 is 27.6 Å². The molecule has 0 unspecified atom stereocenters. The summed E-state index contributed by atoms with van der Waals surface area (Å²) in [6.07, 6.45) is 7.54. The van der Waals surface area contributed by atoms with Crippen LogP contribution in [-0.4, -0.2) is 19.9 Å². The van der Waals surface area contributed by atoms with E-state index in [0.29, 0.717) is 6.54 Å². The van der Waals surface area contributed by atoms with Crippen molar-refractivity contribution in [2.24, 2.45) is 0 Å². The summed E-state index contributed by atoms with van der Waals surface area (Å²) in [6, 6.07) is 18.3. The van der Waals surface area contributed by atoms with Gasteiger partial charge in [-0.15, -0.1) is 0 Å². The maximum atomic E-state index is 4.70. The van der Waals surface area contributed by atoms with Gasteiger partial charge in [0.05, 0.1) is 12.2 Å². The second-order valence-electron chi connectivity index (χ2n) is 6.38. The number of benzene rings is 1. The van der Waals surface area contributed by atoms with Gasteiger partial charge in [-0.1, -0.05) is 30.3 Å². The number of aromatic amines is 1. The van der Waals surface area contributed by atoms with Crippen LogP contribution >= 0.6 is 0 Å². The van der Waals surface area contributed by atoms with E-state index in [1.165, 1.54) is 5.39 Å². The molecule has 0 bridgehead atoms. The number of hydrogen-bond acceptors (Lipinski definition) is 4. The average Bonchev–Trinajstić information content (AvgIpc) is 3.21. The average molecular weight is 351 g/mol. The van der Waals surface area contributed by atoms with E-state index < -0.39 is 0 Å². The summed E-state index contributed by atoms with van der Waals surface area (Å²) in [6.45, 7) is 0.618. The molecule has 5 rings (SSSR count). The molecule has 27 heavy (non-hydrogen) atoms. The molecule has 4 aromatic heterocycles. The van der Waals surface area contributed by atoms with Crippen LogP contribution in [0.4, 0.5) is 5.82 Å². The molecule has 4 heterocycles. The van der Waals surface area contributed by atoms with Gasteiger partial charge in [-0.3, -0.25) is 9.97 Å². The summed E-state index contributed by atoms with van der Waals surface area (Å²) in [4.78, 5) is 16.7. The van der Waals surface area contributed by atoms with Gasteiger partial charge in [0.15, 0.2) is 0 Å². The van der Waals surface area contributed by atoms with E-state index in [9.17, 15) is 0 Å². The molecule has 5 nitrogen and oxygen atoms in total. The number of rotatable bonds is 4. The first-order chi connectivity index (χ1) is 13.4. The quantitative estimate of drug-likeness (QED) is 0.489. The maximum absolute atomic E-state index is 4.70. The number of nitrogens with zero attached hydrogens (tertiary/aromatic N) is 3. The van der Waals surface area contributed by atoms with E-state index in [1.807, 2.05) is 42.9 Å². The Hall–Kier alpha value is -3.73. The second-order valence-corrected chi connectivity index (χ2v) is 6.38. The number of anilines is 1. The van der Waals surface area contributed by atoms with Crippen LogP contribution in [0.25, 0.3) is 32.9 Å². The van der Waals surface area contributed by atoms with E-state index in [0.717, 1.165) is 39.1 Å². The molecule has 130 valence electrons. The molecule has 0 fully saturated rings. The minimum atomic E-state index is 0.618. The predicted octanol–water partition coefficient (Wildman–Crippen LogP) is 4.79. The fourth-order valence-corrected chi connectivity index (χ4v) is 3.37. The van der Waals surface area contributed by atoms with Gasteiger partial charge < -0.3 is 10.3 Å². The topological polar surface area (TPSA) is 66.5 Å². The van der Waals surface area contributed by atoms with E-state index >= 15 is 0 Å². The van der Waals surface area contributed by atoms with Crippen LogP contribution in [0.3, 0.4) is 0 Å². The molecule has 2 N–H and O–H groups in total. The molecule has 0 aliphatic carbocycles. The Morgan fingerprint density at radius 1 is 0.889 bits per heavy atom. The minimum Gasteiger partial charge on any atom is -0.364 e. The molecule has 5 aromatic rings. The highest BCUT2D eigenvalue weighted by Gasteiger charge is 2.12. The largest absolute Gasteiger partial charge is 0.364 e. The van der Waals surface area contributed by atoms with Gasteiger partial charge in [0.2, 0.25) is 0 Å². The van der Waals surface area contributed by atoms with E-state index in [2.05, 4.69) is 50.6 Å². The Bertz CT molecular complexity index is 1220. The van der Waals surface area contributed by atoms with Gasteiger partial charge >= 0.3 is 0 Å². The Morgan fingerprint density at radius 3 is 2.74 bits per heavy atom. The third kappa shape index (κ3) is 2.89. The van der Waals surface area contributed by atoms with Crippen molar-refractivity contribution < 1.29 is 0 Å². The van der Waals surface area contributed by atoms with Crippen LogP contribution in [0.5, 0.6) is 0 Å². The maximum Gasteiger partial charge on any atom is 0.140 e. The lowest BCUT2D eigenvalue weighted by Crippen LogP contribution is -2.03.